The fraction of sp³-hybridized carbons (Fsp3) is 0.211. The molecule has 1 unspecified atom stereocenters. The molecule has 3 aromatic rings. The van der Waals surface area contributed by atoms with Crippen LogP contribution in [0, 0.1) is 0 Å². The van der Waals surface area contributed by atoms with E-state index in [0.717, 1.165) is 29.2 Å². The zero-order valence-electron chi connectivity index (χ0n) is 12.2. The monoisotopic (exact) mass is 308 g/mol. The Morgan fingerprint density at radius 3 is 2.73 bits per heavy atom. The third kappa shape index (κ3) is 2.55. The van der Waals surface area contributed by atoms with Crippen LogP contribution in [0.4, 0.5) is 0 Å². The minimum atomic E-state index is 0.573. The molecule has 1 aromatic heterocycles. The molecule has 0 fully saturated rings. The number of imidazole rings is 1. The number of rotatable bonds is 2. The maximum atomic E-state index is 6.09. The molecule has 2 nitrogen and oxygen atoms in total. The lowest BCUT2D eigenvalue weighted by Crippen LogP contribution is -2.17. The van der Waals surface area contributed by atoms with Crippen LogP contribution in [0.2, 0.25) is 5.02 Å². The van der Waals surface area contributed by atoms with Crippen molar-refractivity contribution in [3.05, 3.63) is 77.2 Å². The molecule has 0 radical (unpaired) electrons. The first-order valence-corrected chi connectivity index (χ1v) is 8.04. The van der Waals surface area contributed by atoms with Crippen LogP contribution in [0.15, 0.2) is 60.8 Å². The van der Waals surface area contributed by atoms with Crippen molar-refractivity contribution in [1.82, 2.24) is 9.55 Å². The van der Waals surface area contributed by atoms with Gasteiger partial charge in [0.2, 0.25) is 0 Å². The summed E-state index contributed by atoms with van der Waals surface area (Å²) in [5.74, 6) is 1.75. The summed E-state index contributed by atoms with van der Waals surface area (Å²) < 4.78 is 2.29. The van der Waals surface area contributed by atoms with Crippen molar-refractivity contribution in [3.8, 4) is 11.3 Å². The minimum Gasteiger partial charge on any atom is -0.334 e. The van der Waals surface area contributed by atoms with Gasteiger partial charge in [-0.15, -0.1) is 0 Å². The summed E-state index contributed by atoms with van der Waals surface area (Å²) in [6.07, 6.45) is 4.33. The lowest BCUT2D eigenvalue weighted by Gasteiger charge is -2.23. The molecule has 2 heterocycles. The minimum absolute atomic E-state index is 0.573. The van der Waals surface area contributed by atoms with E-state index in [0.29, 0.717) is 5.92 Å². The molecule has 4 rings (SSSR count). The van der Waals surface area contributed by atoms with Crippen molar-refractivity contribution in [2.24, 2.45) is 0 Å². The fourth-order valence-electron chi connectivity index (χ4n) is 3.22. The summed E-state index contributed by atoms with van der Waals surface area (Å²) >= 11 is 6.09. The Morgan fingerprint density at radius 2 is 1.91 bits per heavy atom. The summed E-state index contributed by atoms with van der Waals surface area (Å²) in [5.41, 5.74) is 3.53. The summed E-state index contributed by atoms with van der Waals surface area (Å²) in [7, 11) is 0. The van der Waals surface area contributed by atoms with Crippen LogP contribution in [0.1, 0.15) is 23.7 Å². The van der Waals surface area contributed by atoms with Crippen LogP contribution in [0.25, 0.3) is 11.3 Å². The molecule has 1 aliphatic rings. The fourth-order valence-corrected chi connectivity index (χ4v) is 3.42. The van der Waals surface area contributed by atoms with Crippen LogP contribution in [-0.4, -0.2) is 9.55 Å². The van der Waals surface area contributed by atoms with Crippen molar-refractivity contribution in [2.75, 3.05) is 0 Å². The number of aryl methyl sites for hydroxylation is 1. The summed E-state index contributed by atoms with van der Waals surface area (Å²) in [6.45, 7) is 1.03. The summed E-state index contributed by atoms with van der Waals surface area (Å²) in [5, 5.41) is 0.755. The van der Waals surface area contributed by atoms with Gasteiger partial charge in [-0.1, -0.05) is 54.1 Å². The number of nitrogens with zero attached hydrogens (tertiary/aromatic N) is 2. The van der Waals surface area contributed by atoms with E-state index in [-0.39, 0.29) is 0 Å². The van der Waals surface area contributed by atoms with Gasteiger partial charge in [0.25, 0.3) is 0 Å². The molecule has 1 aliphatic heterocycles. The summed E-state index contributed by atoms with van der Waals surface area (Å²) in [6, 6.07) is 18.7. The Morgan fingerprint density at radius 1 is 1.05 bits per heavy atom. The Hall–Kier alpha value is -2.06. The second-order valence-corrected chi connectivity index (χ2v) is 6.28. The van der Waals surface area contributed by atoms with Crippen molar-refractivity contribution in [2.45, 2.75) is 25.3 Å². The Labute approximate surface area is 135 Å². The zero-order chi connectivity index (χ0) is 14.9. The molecule has 0 aliphatic carbocycles. The maximum Gasteiger partial charge on any atom is 0.110 e. The van der Waals surface area contributed by atoms with Gasteiger partial charge in [-0.3, -0.25) is 0 Å². The predicted molar refractivity (Wildman–Crippen MR) is 90.2 cm³/mol. The van der Waals surface area contributed by atoms with Crippen LogP contribution < -0.4 is 0 Å². The standard InChI is InChI=1S/C19H17ClN2/c20-17-8-4-7-16(11-17)18-13-22-10-9-15(12-19(22)21-18)14-5-2-1-3-6-14/h1-8,11,13,15H,9-10,12H2. The SMILES string of the molecule is Clc1cccc(-c2cn3c(n2)CC(c2ccccc2)CC3)c1. The lowest BCUT2D eigenvalue weighted by molar-refractivity contribution is 0.466. The third-order valence-electron chi connectivity index (χ3n) is 4.40. The maximum absolute atomic E-state index is 6.09. The Balaban J connectivity index is 1.64. The molecule has 22 heavy (non-hydrogen) atoms. The Bertz CT molecular complexity index is 792. The number of aromatic nitrogens is 2. The van der Waals surface area contributed by atoms with Gasteiger partial charge in [-0.05, 0) is 30.0 Å². The molecule has 0 bridgehead atoms. The first-order valence-electron chi connectivity index (χ1n) is 7.66. The lowest BCUT2D eigenvalue weighted by atomic mass is 9.90. The molecule has 1 atom stereocenters. The van der Waals surface area contributed by atoms with E-state index in [1.165, 1.54) is 17.8 Å². The normalized spacial score (nSPS) is 17.2. The van der Waals surface area contributed by atoms with E-state index >= 15 is 0 Å². The number of benzene rings is 2. The van der Waals surface area contributed by atoms with Crippen molar-refractivity contribution in [3.63, 3.8) is 0 Å². The quantitative estimate of drug-likeness (QED) is 0.656. The van der Waals surface area contributed by atoms with Crippen molar-refractivity contribution in [1.29, 1.82) is 0 Å². The van der Waals surface area contributed by atoms with Gasteiger partial charge in [0.1, 0.15) is 5.82 Å². The zero-order valence-corrected chi connectivity index (χ0v) is 13.0. The van der Waals surface area contributed by atoms with E-state index in [4.69, 9.17) is 16.6 Å². The molecule has 3 heteroatoms. The van der Waals surface area contributed by atoms with E-state index in [1.807, 2.05) is 18.2 Å². The second kappa shape index (κ2) is 5.62. The Kier molecular flexibility index (Phi) is 3.47. The van der Waals surface area contributed by atoms with Crippen LogP contribution in [0.3, 0.4) is 0 Å². The van der Waals surface area contributed by atoms with Crippen LogP contribution in [-0.2, 0) is 13.0 Å². The predicted octanol–water partition coefficient (Wildman–Crippen LogP) is 4.93. The van der Waals surface area contributed by atoms with E-state index in [2.05, 4.69) is 47.2 Å². The third-order valence-corrected chi connectivity index (χ3v) is 4.63. The number of fused-ring (bicyclic) bond motifs is 1. The van der Waals surface area contributed by atoms with Crippen LogP contribution in [0.5, 0.6) is 0 Å². The van der Waals surface area contributed by atoms with Gasteiger partial charge in [-0.25, -0.2) is 4.98 Å². The van der Waals surface area contributed by atoms with E-state index < -0.39 is 0 Å². The van der Waals surface area contributed by atoms with Crippen molar-refractivity contribution >= 4 is 11.6 Å². The van der Waals surface area contributed by atoms with Gasteiger partial charge >= 0.3 is 0 Å². The van der Waals surface area contributed by atoms with Gasteiger partial charge in [-0.2, -0.15) is 0 Å². The smallest absolute Gasteiger partial charge is 0.110 e. The highest BCUT2D eigenvalue weighted by atomic mass is 35.5. The average molecular weight is 309 g/mol. The van der Waals surface area contributed by atoms with E-state index in [1.54, 1.807) is 0 Å². The van der Waals surface area contributed by atoms with Gasteiger partial charge in [0, 0.05) is 29.7 Å². The number of hydrogen-bond acceptors (Lipinski definition) is 1. The highest BCUT2D eigenvalue weighted by Crippen LogP contribution is 2.31. The molecule has 2 aromatic carbocycles. The average Bonchev–Trinajstić information content (AvgIpc) is 2.99. The van der Waals surface area contributed by atoms with Gasteiger partial charge in [0.15, 0.2) is 0 Å². The van der Waals surface area contributed by atoms with E-state index in [9.17, 15) is 0 Å². The highest BCUT2D eigenvalue weighted by molar-refractivity contribution is 6.30. The molecular formula is C19H17ClN2. The molecule has 0 N–H and O–H groups in total. The molecule has 0 amide bonds. The number of halogens is 1. The van der Waals surface area contributed by atoms with Crippen molar-refractivity contribution < 1.29 is 0 Å². The first kappa shape index (κ1) is 13.6. The molecular weight excluding hydrogens is 292 g/mol. The number of hydrogen-bond donors (Lipinski definition) is 0. The highest BCUT2D eigenvalue weighted by Gasteiger charge is 2.22. The summed E-state index contributed by atoms with van der Waals surface area (Å²) in [4.78, 5) is 4.84. The first-order chi connectivity index (χ1) is 10.8. The second-order valence-electron chi connectivity index (χ2n) is 5.85. The molecule has 0 saturated heterocycles. The molecule has 0 saturated carbocycles. The van der Waals surface area contributed by atoms with Gasteiger partial charge in [0.05, 0.1) is 5.69 Å². The molecule has 0 spiro atoms. The molecule has 110 valence electrons. The van der Waals surface area contributed by atoms with Crippen LogP contribution >= 0.6 is 11.6 Å². The largest absolute Gasteiger partial charge is 0.334 e. The topological polar surface area (TPSA) is 17.8 Å². The van der Waals surface area contributed by atoms with Gasteiger partial charge < -0.3 is 4.57 Å².